The van der Waals surface area contributed by atoms with Crippen LogP contribution in [0.5, 0.6) is 0 Å². The Morgan fingerprint density at radius 3 is 2.78 bits per heavy atom. The molecule has 0 spiro atoms. The van der Waals surface area contributed by atoms with Crippen LogP contribution in [0.15, 0.2) is 24.3 Å². The summed E-state index contributed by atoms with van der Waals surface area (Å²) in [5, 5.41) is 12.6. The Labute approximate surface area is 108 Å². The van der Waals surface area contributed by atoms with Crippen molar-refractivity contribution in [3.63, 3.8) is 0 Å². The lowest BCUT2D eigenvalue weighted by atomic mass is 10.1. The number of aliphatic hydroxyl groups excluding tert-OH is 1. The molecule has 1 aliphatic heterocycles. The highest BCUT2D eigenvalue weighted by Crippen LogP contribution is 2.17. The van der Waals surface area contributed by atoms with E-state index in [2.05, 4.69) is 10.2 Å². The summed E-state index contributed by atoms with van der Waals surface area (Å²) in [6.45, 7) is 4.45. The lowest BCUT2D eigenvalue weighted by Gasteiger charge is -2.25. The van der Waals surface area contributed by atoms with Crippen LogP contribution in [0.25, 0.3) is 0 Å². The van der Waals surface area contributed by atoms with Crippen molar-refractivity contribution in [3.05, 3.63) is 29.8 Å². The molecule has 1 fully saturated rings. The molecule has 0 saturated carbocycles. The predicted octanol–water partition coefficient (Wildman–Crippen LogP) is 1.05. The lowest BCUT2D eigenvalue weighted by Crippen LogP contribution is -2.40. The van der Waals surface area contributed by atoms with E-state index in [0.29, 0.717) is 0 Å². The first kappa shape index (κ1) is 13.1. The van der Waals surface area contributed by atoms with Gasteiger partial charge < -0.3 is 15.3 Å². The van der Waals surface area contributed by atoms with Gasteiger partial charge in [-0.05, 0) is 44.2 Å². The van der Waals surface area contributed by atoms with Crippen LogP contribution in [0.2, 0.25) is 0 Å². The van der Waals surface area contributed by atoms with Crippen LogP contribution in [0.4, 0.5) is 5.69 Å². The molecule has 0 aromatic heterocycles. The Hall–Kier alpha value is -1.39. The number of carbonyl (C=O) groups excluding carboxylic acids is 1. The van der Waals surface area contributed by atoms with Crippen LogP contribution >= 0.6 is 0 Å². The Kier molecular flexibility index (Phi) is 4.33. The molecule has 0 bridgehead atoms. The van der Waals surface area contributed by atoms with Crippen molar-refractivity contribution in [2.24, 2.45) is 0 Å². The van der Waals surface area contributed by atoms with Crippen LogP contribution in [0.3, 0.4) is 0 Å². The van der Waals surface area contributed by atoms with Gasteiger partial charge in [-0.25, -0.2) is 0 Å². The van der Waals surface area contributed by atoms with Crippen LogP contribution in [0.1, 0.15) is 23.7 Å². The van der Waals surface area contributed by atoms with Gasteiger partial charge in [0.25, 0.3) is 0 Å². The fraction of sp³-hybridized carbons (Fsp3) is 0.500. The second-order valence-corrected chi connectivity index (χ2v) is 4.74. The minimum absolute atomic E-state index is 0.0901. The van der Waals surface area contributed by atoms with Crippen LogP contribution in [-0.2, 0) is 0 Å². The molecule has 2 rings (SSSR count). The molecular formula is C14H20N2O2. The van der Waals surface area contributed by atoms with Gasteiger partial charge >= 0.3 is 0 Å². The van der Waals surface area contributed by atoms with Crippen molar-refractivity contribution >= 4 is 11.5 Å². The quantitative estimate of drug-likeness (QED) is 0.785. The first-order chi connectivity index (χ1) is 8.70. The lowest BCUT2D eigenvalue weighted by molar-refractivity contribution is 0.101. The Morgan fingerprint density at radius 2 is 2.17 bits per heavy atom. The van der Waals surface area contributed by atoms with Crippen molar-refractivity contribution in [1.29, 1.82) is 0 Å². The number of hydrogen-bond acceptors (Lipinski definition) is 4. The summed E-state index contributed by atoms with van der Waals surface area (Å²) >= 11 is 0. The molecule has 1 atom stereocenters. The molecule has 4 nitrogen and oxygen atoms in total. The minimum Gasteiger partial charge on any atom is -0.395 e. The number of ketones is 1. The average Bonchev–Trinajstić information content (AvgIpc) is 2.64. The van der Waals surface area contributed by atoms with Gasteiger partial charge in [0.2, 0.25) is 0 Å². The maximum absolute atomic E-state index is 11.2. The zero-order chi connectivity index (χ0) is 13.0. The van der Waals surface area contributed by atoms with Gasteiger partial charge in [0.15, 0.2) is 5.78 Å². The van der Waals surface area contributed by atoms with E-state index >= 15 is 0 Å². The molecule has 1 unspecified atom stereocenters. The number of benzene rings is 1. The van der Waals surface area contributed by atoms with E-state index in [1.165, 1.54) is 0 Å². The zero-order valence-corrected chi connectivity index (χ0v) is 10.7. The van der Waals surface area contributed by atoms with Gasteiger partial charge in [0, 0.05) is 30.4 Å². The predicted molar refractivity (Wildman–Crippen MR) is 72.2 cm³/mol. The number of anilines is 1. The molecule has 1 aliphatic rings. The van der Waals surface area contributed by atoms with Crippen molar-refractivity contribution < 1.29 is 9.90 Å². The van der Waals surface area contributed by atoms with Gasteiger partial charge in [-0.15, -0.1) is 0 Å². The third kappa shape index (κ3) is 3.09. The van der Waals surface area contributed by atoms with Gasteiger partial charge in [0.1, 0.15) is 0 Å². The third-order valence-corrected chi connectivity index (χ3v) is 3.34. The molecule has 98 valence electrons. The van der Waals surface area contributed by atoms with Crippen molar-refractivity contribution in [1.82, 2.24) is 5.32 Å². The molecule has 1 saturated heterocycles. The first-order valence-electron chi connectivity index (χ1n) is 6.41. The van der Waals surface area contributed by atoms with Crippen molar-refractivity contribution in [2.45, 2.75) is 19.4 Å². The smallest absolute Gasteiger partial charge is 0.159 e. The number of aliphatic hydroxyl groups is 1. The van der Waals surface area contributed by atoms with Gasteiger partial charge in [0.05, 0.1) is 6.61 Å². The topological polar surface area (TPSA) is 52.6 Å². The van der Waals surface area contributed by atoms with E-state index in [1.807, 2.05) is 24.3 Å². The van der Waals surface area contributed by atoms with E-state index in [9.17, 15) is 9.90 Å². The highest BCUT2D eigenvalue weighted by Gasteiger charge is 2.17. The number of carbonyl (C=O) groups is 1. The fourth-order valence-corrected chi connectivity index (χ4v) is 2.26. The molecule has 0 radical (unpaired) electrons. The molecule has 18 heavy (non-hydrogen) atoms. The maximum atomic E-state index is 11.2. The summed E-state index contributed by atoms with van der Waals surface area (Å²) in [5.74, 6) is 0.0901. The van der Waals surface area contributed by atoms with Crippen LogP contribution < -0.4 is 10.2 Å². The zero-order valence-electron chi connectivity index (χ0n) is 10.7. The summed E-state index contributed by atoms with van der Waals surface area (Å²) in [5.41, 5.74) is 1.85. The maximum Gasteiger partial charge on any atom is 0.159 e. The number of rotatable bonds is 3. The molecular weight excluding hydrogens is 228 g/mol. The van der Waals surface area contributed by atoms with E-state index in [1.54, 1.807) is 6.92 Å². The minimum atomic E-state index is 0.0901. The first-order valence-corrected chi connectivity index (χ1v) is 6.41. The molecule has 2 N–H and O–H groups in total. The summed E-state index contributed by atoms with van der Waals surface area (Å²) in [6.07, 6.45) is 1.06. The average molecular weight is 248 g/mol. The monoisotopic (exact) mass is 248 g/mol. The summed E-state index contributed by atoms with van der Waals surface area (Å²) in [4.78, 5) is 13.5. The normalized spacial score (nSPS) is 20.6. The van der Waals surface area contributed by atoms with Crippen molar-refractivity contribution in [3.8, 4) is 0 Å². The number of hydrogen-bond donors (Lipinski definition) is 2. The van der Waals surface area contributed by atoms with E-state index in [0.717, 1.165) is 37.3 Å². The molecule has 1 heterocycles. The molecule has 0 aliphatic carbocycles. The van der Waals surface area contributed by atoms with Gasteiger partial charge in [-0.2, -0.15) is 0 Å². The van der Waals surface area contributed by atoms with Crippen LogP contribution in [0, 0.1) is 0 Å². The third-order valence-electron chi connectivity index (χ3n) is 3.34. The Bertz CT molecular complexity index is 403. The van der Waals surface area contributed by atoms with E-state index < -0.39 is 0 Å². The van der Waals surface area contributed by atoms with E-state index in [4.69, 9.17) is 0 Å². The number of nitrogens with one attached hydrogen (secondary N) is 1. The van der Waals surface area contributed by atoms with Gasteiger partial charge in [-0.3, -0.25) is 4.79 Å². The molecule has 1 aromatic carbocycles. The van der Waals surface area contributed by atoms with Crippen molar-refractivity contribution in [2.75, 3.05) is 31.1 Å². The standard InChI is InChI=1S/C14H20N2O2/c1-11(18)12-3-5-14(6-4-12)16-8-2-7-15-13(9-16)10-17/h3-6,13,15,17H,2,7-10H2,1H3. The Balaban J connectivity index is 2.11. The molecule has 4 heteroatoms. The second kappa shape index (κ2) is 5.98. The number of Topliss-reactive ketones (excluding diaryl/α,β-unsaturated/α-hetero) is 1. The van der Waals surface area contributed by atoms with Crippen LogP contribution in [-0.4, -0.2) is 43.2 Å². The summed E-state index contributed by atoms with van der Waals surface area (Å²) < 4.78 is 0. The highest BCUT2D eigenvalue weighted by atomic mass is 16.3. The van der Waals surface area contributed by atoms with E-state index in [-0.39, 0.29) is 18.4 Å². The summed E-state index contributed by atoms with van der Waals surface area (Å²) in [6, 6.07) is 7.82. The summed E-state index contributed by atoms with van der Waals surface area (Å²) in [7, 11) is 0. The van der Waals surface area contributed by atoms with Gasteiger partial charge in [-0.1, -0.05) is 0 Å². The second-order valence-electron chi connectivity index (χ2n) is 4.74. The fourth-order valence-electron chi connectivity index (χ4n) is 2.26. The largest absolute Gasteiger partial charge is 0.395 e. The Morgan fingerprint density at radius 1 is 1.44 bits per heavy atom. The highest BCUT2D eigenvalue weighted by molar-refractivity contribution is 5.94. The SMILES string of the molecule is CC(=O)c1ccc(N2CCCNC(CO)C2)cc1. The molecule has 0 amide bonds. The number of nitrogens with zero attached hydrogens (tertiary/aromatic N) is 1. The molecule has 1 aromatic rings.